The predicted octanol–water partition coefficient (Wildman–Crippen LogP) is 13.3. The predicted molar refractivity (Wildman–Crippen MR) is 228 cm³/mol. The Bertz CT molecular complexity index is 2500. The van der Waals surface area contributed by atoms with Gasteiger partial charge in [-0.1, -0.05) is 118 Å². The molecule has 6 aromatic rings. The summed E-state index contributed by atoms with van der Waals surface area (Å²) in [7, 11) is 3.44. The van der Waals surface area contributed by atoms with Gasteiger partial charge in [-0.05, 0) is 132 Å². The number of fused-ring (bicyclic) bond motifs is 10. The van der Waals surface area contributed by atoms with E-state index in [0.29, 0.717) is 0 Å². The average Bonchev–Trinajstić information content (AvgIpc) is 3.41. The van der Waals surface area contributed by atoms with Crippen LogP contribution in [-0.2, 0) is 11.0 Å². The van der Waals surface area contributed by atoms with Crippen molar-refractivity contribution in [3.05, 3.63) is 154 Å². The molecule has 0 bridgehead atoms. The van der Waals surface area contributed by atoms with Crippen molar-refractivity contribution in [2.45, 2.75) is 78.7 Å². The Morgan fingerprint density at radius 2 is 1.16 bits per heavy atom. The van der Waals surface area contributed by atoms with Gasteiger partial charge in [0.15, 0.2) is 5.60 Å². The zero-order valence-electron chi connectivity index (χ0n) is 33.8. The monoisotopic (exact) mass is 724 g/mol. The maximum absolute atomic E-state index is 7.82. The molecule has 0 N–H and O–H groups in total. The van der Waals surface area contributed by atoms with Crippen LogP contribution in [0.15, 0.2) is 109 Å². The molecule has 278 valence electrons. The highest BCUT2D eigenvalue weighted by molar-refractivity contribution is 6.10. The maximum Gasteiger partial charge on any atom is 0.178 e. The molecule has 1 heterocycles. The van der Waals surface area contributed by atoms with Crippen LogP contribution in [0.25, 0.3) is 39.1 Å². The van der Waals surface area contributed by atoms with E-state index in [1.54, 1.807) is 14.2 Å². The number of aryl methyl sites for hydroxylation is 3. The molecule has 1 atom stereocenters. The summed E-state index contributed by atoms with van der Waals surface area (Å²) in [5, 5.41) is 2.40. The van der Waals surface area contributed by atoms with Crippen LogP contribution in [0.2, 0.25) is 0 Å². The number of hydrogen-bond donors (Lipinski definition) is 0. The van der Waals surface area contributed by atoms with Gasteiger partial charge in [-0.2, -0.15) is 0 Å². The Morgan fingerprint density at radius 3 is 1.78 bits per heavy atom. The molecular weight excluding hydrogens is 673 g/mol. The molecule has 2 aliphatic carbocycles. The highest BCUT2D eigenvalue weighted by Crippen LogP contribution is 2.67. The van der Waals surface area contributed by atoms with Gasteiger partial charge in [-0.3, -0.25) is 0 Å². The van der Waals surface area contributed by atoms with Crippen LogP contribution in [0, 0.1) is 31.6 Å². The molecule has 3 heteroatoms. The van der Waals surface area contributed by atoms with E-state index in [0.717, 1.165) is 52.2 Å². The molecule has 9 rings (SSSR count). The Hall–Kier alpha value is -5.28. The van der Waals surface area contributed by atoms with Crippen LogP contribution in [0.1, 0.15) is 91.5 Å². The molecule has 3 aliphatic rings. The third kappa shape index (κ3) is 5.53. The quantitative estimate of drug-likeness (QED) is 0.177. The van der Waals surface area contributed by atoms with E-state index in [9.17, 15) is 0 Å². The van der Waals surface area contributed by atoms with Crippen LogP contribution >= 0.6 is 0 Å². The third-order valence-corrected chi connectivity index (χ3v) is 12.7. The first-order valence-corrected chi connectivity index (χ1v) is 19.8. The molecule has 0 radical (unpaired) electrons. The highest BCUT2D eigenvalue weighted by Gasteiger charge is 2.55. The van der Waals surface area contributed by atoms with Crippen LogP contribution in [0.4, 0.5) is 0 Å². The minimum absolute atomic E-state index is 0.147. The van der Waals surface area contributed by atoms with Crippen molar-refractivity contribution in [2.24, 2.45) is 10.8 Å². The Kier molecular flexibility index (Phi) is 7.96. The van der Waals surface area contributed by atoms with Gasteiger partial charge in [0, 0.05) is 27.5 Å². The van der Waals surface area contributed by atoms with Crippen molar-refractivity contribution in [3.8, 4) is 39.5 Å². The molecule has 1 unspecified atom stereocenters. The summed E-state index contributed by atoms with van der Waals surface area (Å²) >= 11 is 0. The number of benzene rings is 6. The fourth-order valence-electron chi connectivity index (χ4n) is 11.2. The molecule has 1 fully saturated rings. The van der Waals surface area contributed by atoms with E-state index in [2.05, 4.69) is 152 Å². The van der Waals surface area contributed by atoms with Crippen LogP contribution < -0.4 is 14.2 Å². The molecule has 3 nitrogen and oxygen atoms in total. The molecule has 0 aromatic heterocycles. The second kappa shape index (κ2) is 12.4. The highest BCUT2D eigenvalue weighted by atomic mass is 16.5. The lowest BCUT2D eigenvalue weighted by Crippen LogP contribution is -2.44. The van der Waals surface area contributed by atoms with E-state index >= 15 is 0 Å². The number of ether oxygens (including phenoxy) is 3. The zero-order chi connectivity index (χ0) is 38.5. The van der Waals surface area contributed by atoms with Crippen molar-refractivity contribution in [1.82, 2.24) is 0 Å². The number of methoxy groups -OCH3 is 2. The van der Waals surface area contributed by atoms with Crippen molar-refractivity contribution < 1.29 is 14.2 Å². The first-order chi connectivity index (χ1) is 26.3. The molecule has 1 spiro atoms. The van der Waals surface area contributed by atoms with Gasteiger partial charge in [0.25, 0.3) is 0 Å². The van der Waals surface area contributed by atoms with Gasteiger partial charge >= 0.3 is 0 Å². The van der Waals surface area contributed by atoms with Gasteiger partial charge in [-0.15, -0.1) is 0 Å². The van der Waals surface area contributed by atoms with E-state index < -0.39 is 5.60 Å². The first kappa shape index (κ1) is 35.4. The summed E-state index contributed by atoms with van der Waals surface area (Å²) in [4.78, 5) is 0. The lowest BCUT2D eigenvalue weighted by atomic mass is 9.52. The number of rotatable bonds is 5. The van der Waals surface area contributed by atoms with E-state index in [1.165, 1.54) is 61.9 Å². The van der Waals surface area contributed by atoms with E-state index in [4.69, 9.17) is 14.2 Å². The van der Waals surface area contributed by atoms with Gasteiger partial charge in [0.05, 0.1) is 14.2 Å². The summed E-state index contributed by atoms with van der Waals surface area (Å²) in [6.07, 6.45) is 8.11. The molecule has 6 aromatic carbocycles. The van der Waals surface area contributed by atoms with Crippen LogP contribution in [0.3, 0.4) is 0 Å². The van der Waals surface area contributed by atoms with Crippen LogP contribution in [0.5, 0.6) is 17.2 Å². The largest absolute Gasteiger partial charge is 0.497 e. The fraction of sp³-hybridized carbons (Fsp3) is 0.308. The third-order valence-electron chi connectivity index (χ3n) is 12.7. The first-order valence-electron chi connectivity index (χ1n) is 19.8. The number of hydrogen-bond acceptors (Lipinski definition) is 3. The standard InChI is InChI=1S/C52H52O3/c1-32-10-15-36(16-11-32)52(37-17-21-39(54-9)22-18-37)25-24-41-47-46(40-23-12-33(2)26-45(40)51(47)30-49(4,5)29-50(6,7)31-51)43-27-34(3)42(28-44(43)48(41)55-52)35-13-19-38(53-8)20-14-35/h10-28H,29-31H2,1-9H3. The van der Waals surface area contributed by atoms with E-state index in [-0.39, 0.29) is 16.2 Å². The Labute approximate surface area is 327 Å². The van der Waals surface area contributed by atoms with Gasteiger partial charge in [0.1, 0.15) is 17.2 Å². The van der Waals surface area contributed by atoms with Gasteiger partial charge < -0.3 is 14.2 Å². The van der Waals surface area contributed by atoms with Crippen molar-refractivity contribution in [1.29, 1.82) is 0 Å². The SMILES string of the molecule is COc1ccc(-c2cc3c4c(c5c(c3cc2C)-c2ccc(C)cc2C52CC(C)(C)CC(C)(C)C2)C=CC(c2ccc(C)cc2)(c2ccc(OC)cc2)O4)cc1. The lowest BCUT2D eigenvalue weighted by Gasteiger charge is -2.52. The fourth-order valence-corrected chi connectivity index (χ4v) is 11.2. The average molecular weight is 725 g/mol. The second-order valence-corrected chi connectivity index (χ2v) is 18.2. The Morgan fingerprint density at radius 1 is 0.582 bits per heavy atom. The summed E-state index contributed by atoms with van der Waals surface area (Å²) in [5.74, 6) is 2.62. The summed E-state index contributed by atoms with van der Waals surface area (Å²) in [5.41, 5.74) is 14.4. The molecule has 0 saturated heterocycles. The zero-order valence-corrected chi connectivity index (χ0v) is 33.8. The minimum Gasteiger partial charge on any atom is -0.497 e. The topological polar surface area (TPSA) is 27.7 Å². The van der Waals surface area contributed by atoms with Crippen LogP contribution in [-0.4, -0.2) is 14.2 Å². The lowest BCUT2D eigenvalue weighted by molar-refractivity contribution is 0.0641. The van der Waals surface area contributed by atoms with Crippen molar-refractivity contribution in [2.75, 3.05) is 14.2 Å². The summed E-state index contributed by atoms with van der Waals surface area (Å²) < 4.78 is 19.0. The molecule has 0 amide bonds. The molecule has 55 heavy (non-hydrogen) atoms. The van der Waals surface area contributed by atoms with Crippen molar-refractivity contribution >= 4 is 16.8 Å². The maximum atomic E-state index is 7.82. The van der Waals surface area contributed by atoms with Gasteiger partial charge in [0.2, 0.25) is 0 Å². The van der Waals surface area contributed by atoms with E-state index in [1.807, 2.05) is 12.1 Å². The molecule has 1 aliphatic heterocycles. The Balaban J connectivity index is 1.41. The normalized spacial score (nSPS) is 19.7. The summed E-state index contributed by atoms with van der Waals surface area (Å²) in [6, 6.07) is 37.7. The van der Waals surface area contributed by atoms with Gasteiger partial charge in [-0.25, -0.2) is 0 Å². The minimum atomic E-state index is -0.861. The second-order valence-electron chi connectivity index (χ2n) is 18.2. The molecular formula is C52H52O3. The van der Waals surface area contributed by atoms with Crippen molar-refractivity contribution in [3.63, 3.8) is 0 Å². The summed E-state index contributed by atoms with van der Waals surface area (Å²) in [6.45, 7) is 16.6. The smallest absolute Gasteiger partial charge is 0.178 e. The molecule has 1 saturated carbocycles.